The number of nitrogens with one attached hydrogen (secondary N) is 2. The fourth-order valence-corrected chi connectivity index (χ4v) is 9.52. The molecule has 60 heavy (non-hydrogen) atoms. The van der Waals surface area contributed by atoms with Crippen LogP contribution >= 0.6 is 31.7 Å². The Balaban J connectivity index is 0.965. The second-order valence-corrected chi connectivity index (χ2v) is 17.4. The molecule has 310 valence electrons. The van der Waals surface area contributed by atoms with Crippen LogP contribution < -0.4 is 24.7 Å². The van der Waals surface area contributed by atoms with Gasteiger partial charge in [0.05, 0.1) is 22.2 Å². The zero-order valence-electron chi connectivity index (χ0n) is 33.8. The molecule has 5 aromatic carbocycles. The zero-order valence-corrected chi connectivity index (χ0v) is 36.3. The van der Waals surface area contributed by atoms with Crippen molar-refractivity contribution in [3.63, 3.8) is 0 Å². The van der Waals surface area contributed by atoms with E-state index in [1.54, 1.807) is 23.9 Å². The van der Waals surface area contributed by atoms with Crippen LogP contribution in [-0.4, -0.2) is 65.7 Å². The normalized spacial score (nSPS) is 13.2. The summed E-state index contributed by atoms with van der Waals surface area (Å²) in [5.74, 6) is 0.264. The third kappa shape index (κ3) is 10.0. The van der Waals surface area contributed by atoms with Crippen molar-refractivity contribution in [1.82, 2.24) is 4.57 Å². The Morgan fingerprint density at radius 2 is 1.58 bits per heavy atom. The molecule has 0 saturated carbocycles. The molecule has 7 rings (SSSR count). The quantitative estimate of drug-likeness (QED) is 0.0268. The van der Waals surface area contributed by atoms with E-state index in [9.17, 15) is 20.0 Å². The van der Waals surface area contributed by atoms with Gasteiger partial charge in [-0.3, -0.25) is 10.1 Å². The first-order valence-electron chi connectivity index (χ1n) is 19.9. The lowest BCUT2D eigenvalue weighted by Crippen LogP contribution is -2.46. The lowest BCUT2D eigenvalue weighted by Gasteiger charge is -2.37. The summed E-state index contributed by atoms with van der Waals surface area (Å²) in [7, 11) is -1.17. The van der Waals surface area contributed by atoms with Crippen molar-refractivity contribution < 1.29 is 19.3 Å². The van der Waals surface area contributed by atoms with Crippen molar-refractivity contribution in [2.45, 2.75) is 31.7 Å². The molecule has 1 aliphatic rings. The van der Waals surface area contributed by atoms with Crippen molar-refractivity contribution in [3.8, 4) is 28.1 Å². The highest BCUT2D eigenvalue weighted by Gasteiger charge is 2.28. The average Bonchev–Trinajstić information content (AvgIpc) is 3.55. The number of piperazine rings is 1. The van der Waals surface area contributed by atoms with Gasteiger partial charge in [-0.2, -0.15) is 0 Å². The number of nitro groups is 1. The minimum atomic E-state index is -1.17. The highest BCUT2D eigenvalue weighted by atomic mass is 35.5. The largest absolute Gasteiger partial charge is 0.478 e. The molecular weight excluding hydrogens is 815 g/mol. The van der Waals surface area contributed by atoms with Gasteiger partial charge in [0.25, 0.3) is 5.69 Å². The van der Waals surface area contributed by atoms with Crippen LogP contribution in [-0.2, 0) is 6.54 Å². The third-order valence-electron chi connectivity index (χ3n) is 10.4. The number of carbonyl (C=O) groups is 1. The van der Waals surface area contributed by atoms with Crippen LogP contribution in [0.25, 0.3) is 22.4 Å². The van der Waals surface area contributed by atoms with E-state index in [4.69, 9.17) is 16.1 Å². The molecule has 1 fully saturated rings. The second kappa shape index (κ2) is 19.6. The molecular formula is C46H48ClN6O5PS. The Labute approximate surface area is 361 Å². The molecule has 11 nitrogen and oxygen atoms in total. The fraction of sp³-hybridized carbons (Fsp3) is 0.239. The highest BCUT2D eigenvalue weighted by molar-refractivity contribution is 7.99. The average molecular weight is 863 g/mol. The number of hydrogen-bond acceptors (Lipinski definition) is 9. The van der Waals surface area contributed by atoms with Gasteiger partial charge in [-0.25, -0.2) is 4.79 Å². The van der Waals surface area contributed by atoms with Crippen molar-refractivity contribution in [3.05, 3.63) is 148 Å². The van der Waals surface area contributed by atoms with Gasteiger partial charge in [0.2, 0.25) is 0 Å². The van der Waals surface area contributed by atoms with Gasteiger partial charge in [-0.15, -0.1) is 11.8 Å². The summed E-state index contributed by atoms with van der Waals surface area (Å²) in [5, 5.41) is 29.6. The molecule has 6 aromatic rings. The number of thioether (sulfide) groups is 1. The van der Waals surface area contributed by atoms with E-state index < -0.39 is 14.3 Å². The van der Waals surface area contributed by atoms with Crippen molar-refractivity contribution in [2.24, 2.45) is 0 Å². The topological polar surface area (TPSA) is 125 Å². The summed E-state index contributed by atoms with van der Waals surface area (Å²) in [4.78, 5) is 30.2. The Bertz CT molecular complexity index is 2430. The summed E-state index contributed by atoms with van der Waals surface area (Å²) in [6, 6.07) is 39.1. The minimum Gasteiger partial charge on any atom is -0.478 e. The molecule has 0 radical (unpaired) electrons. The number of anilines is 4. The molecule has 0 spiro atoms. The third-order valence-corrected chi connectivity index (χ3v) is 12.8. The first-order chi connectivity index (χ1) is 29.1. The number of nitrogens with zero attached hydrogens (tertiary/aromatic N) is 4. The number of aromatic nitrogens is 1. The van der Waals surface area contributed by atoms with Crippen molar-refractivity contribution >= 4 is 66.1 Å². The van der Waals surface area contributed by atoms with E-state index in [1.165, 1.54) is 6.07 Å². The zero-order chi connectivity index (χ0) is 42.2. The predicted octanol–water partition coefficient (Wildman–Crippen LogP) is 11.8. The SMILES string of the molecule is CCCn1c(C)c(C(=O)O)c(-c2cccc(N3CCN(c4ccc(NP(C)Oc5ccc(NCCSc6ccccc6)c([N+](=O)[O-])c5)cc4)CC3)c2)c1-c1ccc(Cl)cc1. The monoisotopic (exact) mass is 862 g/mol. The molecule has 1 aliphatic heterocycles. The molecule has 14 heteroatoms. The number of aromatic carboxylic acids is 1. The number of rotatable bonds is 17. The number of carboxylic acids is 1. The summed E-state index contributed by atoms with van der Waals surface area (Å²) in [6.45, 7) is 10.4. The molecule has 2 heterocycles. The van der Waals surface area contributed by atoms with Crippen LogP contribution in [0.1, 0.15) is 29.4 Å². The molecule has 0 aliphatic carbocycles. The van der Waals surface area contributed by atoms with Gasteiger partial charge < -0.3 is 34.4 Å². The first-order valence-corrected chi connectivity index (χ1v) is 23.0. The lowest BCUT2D eigenvalue weighted by atomic mass is 9.96. The maximum absolute atomic E-state index is 12.8. The van der Waals surface area contributed by atoms with Gasteiger partial charge in [-0.05, 0) is 97.3 Å². The molecule has 3 N–H and O–H groups in total. The van der Waals surface area contributed by atoms with Gasteiger partial charge in [0.1, 0.15) is 11.4 Å². The number of halogens is 1. The molecule has 0 bridgehead atoms. The van der Waals surface area contributed by atoms with E-state index in [0.717, 1.165) is 88.4 Å². The van der Waals surface area contributed by atoms with Crippen molar-refractivity contribution in [2.75, 3.05) is 65.3 Å². The minimum absolute atomic E-state index is 0.0226. The standard InChI is InChI=1S/C46H48ClN6O5PS/c1-4-24-52-32(2)43(46(54)55)44(45(52)33-13-15-35(47)16-14-33)34-9-8-10-38(30-34)51-27-25-50(26-28-51)37-19-17-36(18-20-37)49-59(3)58-39-21-22-41(42(31-39)53(56)57)48-23-29-60-40-11-6-5-7-12-40/h5-22,30-31,48-49H,4,23-29H2,1-3H3,(H,54,55). The smallest absolute Gasteiger partial charge is 0.338 e. The Morgan fingerprint density at radius 1 is 0.883 bits per heavy atom. The molecule has 1 unspecified atom stereocenters. The van der Waals surface area contributed by atoms with Crippen LogP contribution in [0.3, 0.4) is 0 Å². The van der Waals surface area contributed by atoms with Gasteiger partial charge >= 0.3 is 5.97 Å². The summed E-state index contributed by atoms with van der Waals surface area (Å²) >= 11 is 7.95. The summed E-state index contributed by atoms with van der Waals surface area (Å²) in [6.07, 6.45) is 0.866. The Morgan fingerprint density at radius 3 is 2.25 bits per heavy atom. The molecule has 0 amide bonds. The lowest BCUT2D eigenvalue weighted by molar-refractivity contribution is -0.384. The van der Waals surface area contributed by atoms with E-state index in [1.807, 2.05) is 92.5 Å². The Hall–Kier alpha value is -5.68. The van der Waals surface area contributed by atoms with E-state index in [0.29, 0.717) is 35.1 Å². The second-order valence-electron chi connectivity index (χ2n) is 14.4. The predicted molar refractivity (Wildman–Crippen MR) is 249 cm³/mol. The van der Waals surface area contributed by atoms with Gasteiger partial charge in [0.15, 0.2) is 8.30 Å². The number of benzene rings is 5. The van der Waals surface area contributed by atoms with E-state index >= 15 is 0 Å². The number of hydrogen-bond donors (Lipinski definition) is 3. The fourth-order valence-electron chi connectivity index (χ4n) is 7.62. The van der Waals surface area contributed by atoms with E-state index in [-0.39, 0.29) is 10.6 Å². The van der Waals surface area contributed by atoms with Crippen LogP contribution in [0.2, 0.25) is 5.02 Å². The molecule has 1 aromatic heterocycles. The maximum Gasteiger partial charge on any atom is 0.338 e. The van der Waals surface area contributed by atoms with Crippen LogP contribution in [0.15, 0.2) is 126 Å². The van der Waals surface area contributed by atoms with Gasteiger partial charge in [0, 0.05) is 89.9 Å². The summed E-state index contributed by atoms with van der Waals surface area (Å²) in [5.41, 5.74) is 7.98. The molecule has 1 saturated heterocycles. The van der Waals surface area contributed by atoms with Crippen LogP contribution in [0.5, 0.6) is 5.75 Å². The van der Waals surface area contributed by atoms with Gasteiger partial charge in [-0.1, -0.05) is 61.0 Å². The maximum atomic E-state index is 12.8. The van der Waals surface area contributed by atoms with Crippen LogP contribution in [0.4, 0.5) is 28.4 Å². The van der Waals surface area contributed by atoms with Crippen molar-refractivity contribution in [1.29, 1.82) is 0 Å². The number of nitro benzene ring substituents is 1. The van der Waals surface area contributed by atoms with E-state index in [2.05, 4.69) is 56.0 Å². The van der Waals surface area contributed by atoms with Crippen LogP contribution in [0, 0.1) is 17.0 Å². The highest BCUT2D eigenvalue weighted by Crippen LogP contribution is 2.42. The number of carboxylic acid groups (broad SMARTS) is 1. The summed E-state index contributed by atoms with van der Waals surface area (Å²) < 4.78 is 8.25. The molecule has 1 atom stereocenters. The Kier molecular flexibility index (Phi) is 13.9. The first kappa shape index (κ1) is 42.4.